The Labute approximate surface area is 62.3 Å². The number of nitrogens with zero attached hydrogens (tertiary/aromatic N) is 1. The van der Waals surface area contributed by atoms with Crippen LogP contribution in [0.3, 0.4) is 0 Å². The van der Waals surface area contributed by atoms with Crippen LogP contribution in [0.5, 0.6) is 0 Å². The zero-order chi connectivity index (χ0) is 7.56. The Balaban J connectivity index is 3.09. The second-order valence-electron chi connectivity index (χ2n) is 2.63. The largest absolute Gasteiger partial charge is 0.203 e. The van der Waals surface area contributed by atoms with Crippen molar-refractivity contribution < 1.29 is 4.57 Å². The van der Waals surface area contributed by atoms with E-state index in [-0.39, 0.29) is 0 Å². The lowest BCUT2D eigenvalue weighted by Crippen LogP contribution is -2.35. The molecular weight excluding hydrogens is 122 g/mol. The molecule has 0 spiro atoms. The standard InChI is InChI=1S/C9H14N/c1-4-10-7-8(2)5-6-9(10)3/h5-7H,4H2,1-3H3/q+1. The van der Waals surface area contributed by atoms with Gasteiger partial charge in [-0.2, -0.15) is 0 Å². The molecule has 1 nitrogen and oxygen atoms in total. The smallest absolute Gasteiger partial charge is 0.178 e. The molecule has 0 aliphatic rings. The molecule has 0 saturated carbocycles. The molecule has 0 saturated heterocycles. The maximum atomic E-state index is 2.25. The maximum absolute atomic E-state index is 2.25. The molecule has 0 atom stereocenters. The maximum Gasteiger partial charge on any atom is 0.178 e. The van der Waals surface area contributed by atoms with Gasteiger partial charge >= 0.3 is 0 Å². The van der Waals surface area contributed by atoms with Crippen LogP contribution in [0.4, 0.5) is 0 Å². The Bertz CT molecular complexity index is 228. The third kappa shape index (κ3) is 1.35. The molecule has 0 aliphatic carbocycles. The van der Waals surface area contributed by atoms with Gasteiger partial charge in [0.15, 0.2) is 11.9 Å². The second kappa shape index (κ2) is 2.82. The van der Waals surface area contributed by atoms with Gasteiger partial charge in [0.2, 0.25) is 0 Å². The molecule has 54 valence electrons. The summed E-state index contributed by atoms with van der Waals surface area (Å²) < 4.78 is 2.25. The fourth-order valence-corrected chi connectivity index (χ4v) is 1.08. The average Bonchev–Trinajstić information content (AvgIpc) is 1.94. The summed E-state index contributed by atoms with van der Waals surface area (Å²) in [6.07, 6.45) is 2.18. The van der Waals surface area contributed by atoms with Crippen LogP contribution in [-0.2, 0) is 6.54 Å². The summed E-state index contributed by atoms with van der Waals surface area (Å²) in [7, 11) is 0. The zero-order valence-corrected chi connectivity index (χ0v) is 6.89. The van der Waals surface area contributed by atoms with E-state index in [9.17, 15) is 0 Å². The van der Waals surface area contributed by atoms with E-state index in [2.05, 4.69) is 43.7 Å². The Kier molecular flexibility index (Phi) is 2.05. The van der Waals surface area contributed by atoms with Gasteiger partial charge < -0.3 is 0 Å². The van der Waals surface area contributed by atoms with E-state index >= 15 is 0 Å². The molecule has 10 heavy (non-hydrogen) atoms. The van der Waals surface area contributed by atoms with E-state index in [0.29, 0.717) is 0 Å². The molecular formula is C9H14N+. The molecule has 1 rings (SSSR count). The highest BCUT2D eigenvalue weighted by molar-refractivity contribution is 5.05. The van der Waals surface area contributed by atoms with E-state index in [1.54, 1.807) is 0 Å². The van der Waals surface area contributed by atoms with Gasteiger partial charge in [0.1, 0.15) is 6.54 Å². The van der Waals surface area contributed by atoms with Crippen LogP contribution in [0.15, 0.2) is 18.3 Å². The number of hydrogen-bond donors (Lipinski definition) is 0. The number of hydrogen-bond acceptors (Lipinski definition) is 0. The van der Waals surface area contributed by atoms with E-state index in [1.807, 2.05) is 0 Å². The monoisotopic (exact) mass is 136 g/mol. The van der Waals surface area contributed by atoms with Gasteiger partial charge in [-0.3, -0.25) is 0 Å². The summed E-state index contributed by atoms with van der Waals surface area (Å²) in [5.74, 6) is 0. The minimum absolute atomic E-state index is 1.06. The topological polar surface area (TPSA) is 3.88 Å². The quantitative estimate of drug-likeness (QED) is 0.516. The lowest BCUT2D eigenvalue weighted by molar-refractivity contribution is -0.699. The van der Waals surface area contributed by atoms with Crippen molar-refractivity contribution >= 4 is 0 Å². The number of aromatic nitrogens is 1. The minimum Gasteiger partial charge on any atom is -0.203 e. The van der Waals surface area contributed by atoms with Crippen LogP contribution >= 0.6 is 0 Å². The second-order valence-corrected chi connectivity index (χ2v) is 2.63. The predicted molar refractivity (Wildman–Crippen MR) is 41.8 cm³/mol. The molecule has 0 bridgehead atoms. The van der Waals surface area contributed by atoms with E-state index in [4.69, 9.17) is 0 Å². The van der Waals surface area contributed by atoms with Gasteiger partial charge in [0.25, 0.3) is 0 Å². The van der Waals surface area contributed by atoms with Gasteiger partial charge in [-0.15, -0.1) is 0 Å². The summed E-state index contributed by atoms with van der Waals surface area (Å²) in [5, 5.41) is 0. The first-order valence-corrected chi connectivity index (χ1v) is 3.70. The van der Waals surface area contributed by atoms with Crippen molar-refractivity contribution in [1.29, 1.82) is 0 Å². The van der Waals surface area contributed by atoms with Crippen molar-refractivity contribution in [2.75, 3.05) is 0 Å². The molecule has 1 aromatic rings. The molecule has 0 amide bonds. The van der Waals surface area contributed by atoms with Crippen molar-refractivity contribution in [2.45, 2.75) is 27.3 Å². The highest BCUT2D eigenvalue weighted by Gasteiger charge is 2.00. The first-order valence-electron chi connectivity index (χ1n) is 3.70. The molecule has 0 unspecified atom stereocenters. The lowest BCUT2D eigenvalue weighted by atomic mass is 10.3. The Morgan fingerprint density at radius 3 is 2.50 bits per heavy atom. The van der Waals surface area contributed by atoms with E-state index in [1.165, 1.54) is 11.3 Å². The normalized spacial score (nSPS) is 9.90. The van der Waals surface area contributed by atoms with Gasteiger partial charge in [-0.25, -0.2) is 4.57 Å². The molecule has 0 N–H and O–H groups in total. The number of aryl methyl sites for hydroxylation is 3. The predicted octanol–water partition coefficient (Wildman–Crippen LogP) is 1.61. The van der Waals surface area contributed by atoms with Gasteiger partial charge in [-0.05, 0) is 19.9 Å². The van der Waals surface area contributed by atoms with Crippen LogP contribution in [0.1, 0.15) is 18.2 Å². The average molecular weight is 136 g/mol. The summed E-state index contributed by atoms with van der Waals surface area (Å²) in [6.45, 7) is 7.47. The SMILES string of the molecule is CC[n+]1cc(C)ccc1C. The van der Waals surface area contributed by atoms with Crippen molar-refractivity contribution in [1.82, 2.24) is 0 Å². The van der Waals surface area contributed by atoms with Crippen molar-refractivity contribution in [3.05, 3.63) is 29.6 Å². The fraction of sp³-hybridized carbons (Fsp3) is 0.444. The first-order chi connectivity index (χ1) is 4.74. The van der Waals surface area contributed by atoms with Crippen LogP contribution in [0.2, 0.25) is 0 Å². The minimum atomic E-state index is 1.06. The Morgan fingerprint density at radius 1 is 1.30 bits per heavy atom. The van der Waals surface area contributed by atoms with Crippen molar-refractivity contribution in [3.63, 3.8) is 0 Å². The van der Waals surface area contributed by atoms with Gasteiger partial charge in [0, 0.05) is 18.6 Å². The van der Waals surface area contributed by atoms with Gasteiger partial charge in [0.05, 0.1) is 0 Å². The lowest BCUT2D eigenvalue weighted by Gasteiger charge is -1.96. The van der Waals surface area contributed by atoms with Crippen LogP contribution in [0, 0.1) is 13.8 Å². The summed E-state index contributed by atoms with van der Waals surface area (Å²) in [4.78, 5) is 0. The molecule has 0 fully saturated rings. The summed E-state index contributed by atoms with van der Waals surface area (Å²) in [5.41, 5.74) is 2.65. The molecule has 1 heteroatoms. The third-order valence-corrected chi connectivity index (χ3v) is 1.74. The summed E-state index contributed by atoms with van der Waals surface area (Å²) >= 11 is 0. The number of pyridine rings is 1. The Morgan fingerprint density at radius 2 is 2.00 bits per heavy atom. The van der Waals surface area contributed by atoms with Crippen molar-refractivity contribution in [3.8, 4) is 0 Å². The zero-order valence-electron chi connectivity index (χ0n) is 6.89. The van der Waals surface area contributed by atoms with Crippen LogP contribution in [-0.4, -0.2) is 0 Å². The van der Waals surface area contributed by atoms with Crippen LogP contribution < -0.4 is 4.57 Å². The Hall–Kier alpha value is -0.850. The molecule has 0 radical (unpaired) electrons. The molecule has 0 aliphatic heterocycles. The van der Waals surface area contributed by atoms with Gasteiger partial charge in [-0.1, -0.05) is 0 Å². The summed E-state index contributed by atoms with van der Waals surface area (Å²) in [6, 6.07) is 4.29. The molecule has 0 aromatic carbocycles. The third-order valence-electron chi connectivity index (χ3n) is 1.74. The van der Waals surface area contributed by atoms with Crippen molar-refractivity contribution in [2.24, 2.45) is 0 Å². The number of rotatable bonds is 1. The van der Waals surface area contributed by atoms with E-state index < -0.39 is 0 Å². The highest BCUT2D eigenvalue weighted by Crippen LogP contribution is 1.94. The fourth-order valence-electron chi connectivity index (χ4n) is 1.08. The highest BCUT2D eigenvalue weighted by atomic mass is 14.9. The molecule has 1 heterocycles. The van der Waals surface area contributed by atoms with Crippen LogP contribution in [0.25, 0.3) is 0 Å². The first kappa shape index (κ1) is 7.26. The van der Waals surface area contributed by atoms with E-state index in [0.717, 1.165) is 6.54 Å². The molecule has 1 aromatic heterocycles.